The second-order valence-corrected chi connectivity index (χ2v) is 3.73. The van der Waals surface area contributed by atoms with Crippen molar-refractivity contribution in [1.29, 1.82) is 0 Å². The van der Waals surface area contributed by atoms with Gasteiger partial charge in [-0.25, -0.2) is 0 Å². The fourth-order valence-electron chi connectivity index (χ4n) is 1.84. The minimum Gasteiger partial charge on any atom is -0.396 e. The maximum Gasteiger partial charge on any atom is 0.238 e. The largest absolute Gasteiger partial charge is 0.396 e. The fourth-order valence-corrected chi connectivity index (χ4v) is 1.84. The molecule has 1 fully saturated rings. The molecular formula is C10H21N3O2. The van der Waals surface area contributed by atoms with Crippen LogP contribution in [0.25, 0.3) is 0 Å². The van der Waals surface area contributed by atoms with Gasteiger partial charge in [0.05, 0.1) is 0 Å². The van der Waals surface area contributed by atoms with Crippen LogP contribution in [0.3, 0.4) is 0 Å². The molecule has 1 heterocycles. The topological polar surface area (TPSA) is 64.6 Å². The number of carbonyl (C=O) groups is 1. The van der Waals surface area contributed by atoms with Gasteiger partial charge in [0.2, 0.25) is 5.91 Å². The number of hydrogen-bond acceptors (Lipinski definition) is 4. The molecule has 5 heteroatoms. The first-order valence-electron chi connectivity index (χ1n) is 5.63. The van der Waals surface area contributed by atoms with Crippen LogP contribution in [0.15, 0.2) is 0 Å². The number of carbonyl (C=O) groups excluding carboxylic acids is 1. The molecule has 0 aromatic carbocycles. The SMILES string of the molecule is CCNC(=O)C1CNCCN1CCCO. The van der Waals surface area contributed by atoms with E-state index in [0.717, 1.165) is 26.1 Å². The third-order valence-electron chi connectivity index (χ3n) is 2.61. The van der Waals surface area contributed by atoms with E-state index in [1.54, 1.807) is 0 Å². The summed E-state index contributed by atoms with van der Waals surface area (Å²) in [7, 11) is 0. The van der Waals surface area contributed by atoms with E-state index in [4.69, 9.17) is 5.11 Å². The van der Waals surface area contributed by atoms with Crippen molar-refractivity contribution < 1.29 is 9.90 Å². The Kier molecular flexibility index (Phi) is 5.60. The highest BCUT2D eigenvalue weighted by molar-refractivity contribution is 5.82. The summed E-state index contributed by atoms with van der Waals surface area (Å²) >= 11 is 0. The quantitative estimate of drug-likeness (QED) is 0.538. The van der Waals surface area contributed by atoms with E-state index < -0.39 is 0 Å². The Hall–Kier alpha value is -0.650. The summed E-state index contributed by atoms with van der Waals surface area (Å²) in [5, 5.41) is 14.8. The Balaban J connectivity index is 2.45. The highest BCUT2D eigenvalue weighted by Gasteiger charge is 2.27. The van der Waals surface area contributed by atoms with Crippen LogP contribution in [-0.4, -0.2) is 61.3 Å². The summed E-state index contributed by atoms with van der Waals surface area (Å²) < 4.78 is 0. The van der Waals surface area contributed by atoms with Crippen LogP contribution in [0.4, 0.5) is 0 Å². The Labute approximate surface area is 90.8 Å². The molecule has 1 atom stereocenters. The second-order valence-electron chi connectivity index (χ2n) is 3.73. The van der Waals surface area contributed by atoms with Gasteiger partial charge >= 0.3 is 0 Å². The van der Waals surface area contributed by atoms with Crippen molar-refractivity contribution in [1.82, 2.24) is 15.5 Å². The molecule has 0 aliphatic carbocycles. The van der Waals surface area contributed by atoms with Crippen LogP contribution in [0.1, 0.15) is 13.3 Å². The summed E-state index contributed by atoms with van der Waals surface area (Å²) in [6.07, 6.45) is 0.732. The molecule has 1 amide bonds. The van der Waals surface area contributed by atoms with E-state index in [-0.39, 0.29) is 18.6 Å². The van der Waals surface area contributed by atoms with Crippen molar-refractivity contribution in [2.45, 2.75) is 19.4 Å². The summed E-state index contributed by atoms with van der Waals surface area (Å²) in [5.74, 6) is 0.0858. The number of hydrogen-bond donors (Lipinski definition) is 3. The van der Waals surface area contributed by atoms with Crippen LogP contribution >= 0.6 is 0 Å². The smallest absolute Gasteiger partial charge is 0.238 e. The third-order valence-corrected chi connectivity index (χ3v) is 2.61. The zero-order valence-electron chi connectivity index (χ0n) is 9.33. The molecule has 0 aromatic rings. The zero-order valence-corrected chi connectivity index (χ0v) is 9.33. The molecule has 1 aliphatic heterocycles. The Morgan fingerprint density at radius 2 is 2.47 bits per heavy atom. The molecule has 5 nitrogen and oxygen atoms in total. The van der Waals surface area contributed by atoms with Crippen LogP contribution in [-0.2, 0) is 4.79 Å². The van der Waals surface area contributed by atoms with Gasteiger partial charge in [0.25, 0.3) is 0 Å². The molecular weight excluding hydrogens is 194 g/mol. The molecule has 3 N–H and O–H groups in total. The molecule has 0 saturated carbocycles. The monoisotopic (exact) mass is 215 g/mol. The van der Waals surface area contributed by atoms with Crippen molar-refractivity contribution >= 4 is 5.91 Å². The summed E-state index contributed by atoms with van der Waals surface area (Å²) in [5.41, 5.74) is 0. The van der Waals surface area contributed by atoms with Crippen LogP contribution in [0.2, 0.25) is 0 Å². The number of aliphatic hydroxyl groups excluding tert-OH is 1. The Morgan fingerprint density at radius 3 is 3.13 bits per heavy atom. The zero-order chi connectivity index (χ0) is 11.1. The van der Waals surface area contributed by atoms with E-state index in [1.165, 1.54) is 0 Å². The molecule has 0 radical (unpaired) electrons. The van der Waals surface area contributed by atoms with Crippen LogP contribution in [0, 0.1) is 0 Å². The molecule has 1 unspecified atom stereocenters. The lowest BCUT2D eigenvalue weighted by Gasteiger charge is -2.34. The standard InChI is InChI=1S/C10H21N3O2/c1-2-12-10(15)9-8-11-4-6-13(9)5-3-7-14/h9,11,14H,2-8H2,1H3,(H,12,15). The first kappa shape index (κ1) is 12.4. The summed E-state index contributed by atoms with van der Waals surface area (Å²) in [4.78, 5) is 13.9. The summed E-state index contributed by atoms with van der Waals surface area (Å²) in [6, 6.07) is -0.0785. The fraction of sp³-hybridized carbons (Fsp3) is 0.900. The molecule has 0 bridgehead atoms. The molecule has 88 valence electrons. The molecule has 1 rings (SSSR count). The molecule has 15 heavy (non-hydrogen) atoms. The van der Waals surface area contributed by atoms with Gasteiger partial charge in [0.1, 0.15) is 6.04 Å². The highest BCUT2D eigenvalue weighted by Crippen LogP contribution is 2.04. The minimum absolute atomic E-state index is 0.0785. The number of amides is 1. The van der Waals surface area contributed by atoms with Gasteiger partial charge in [-0.2, -0.15) is 0 Å². The van der Waals surface area contributed by atoms with E-state index in [2.05, 4.69) is 15.5 Å². The lowest BCUT2D eigenvalue weighted by molar-refractivity contribution is -0.127. The van der Waals surface area contributed by atoms with Crippen molar-refractivity contribution in [2.75, 3.05) is 39.3 Å². The normalized spacial score (nSPS) is 22.7. The van der Waals surface area contributed by atoms with Gasteiger partial charge in [-0.15, -0.1) is 0 Å². The first-order chi connectivity index (χ1) is 7.29. The maximum absolute atomic E-state index is 11.7. The number of likely N-dealkylation sites (N-methyl/N-ethyl adjacent to an activating group) is 1. The second kappa shape index (κ2) is 6.76. The van der Waals surface area contributed by atoms with Gasteiger partial charge in [-0.3, -0.25) is 9.69 Å². The molecule has 0 aromatic heterocycles. The van der Waals surface area contributed by atoms with E-state index in [9.17, 15) is 4.79 Å². The highest BCUT2D eigenvalue weighted by atomic mass is 16.3. The Bertz CT molecular complexity index is 199. The number of aliphatic hydroxyl groups is 1. The van der Waals surface area contributed by atoms with Gasteiger partial charge in [-0.1, -0.05) is 0 Å². The maximum atomic E-state index is 11.7. The predicted octanol–water partition coefficient (Wildman–Crippen LogP) is -1.22. The lowest BCUT2D eigenvalue weighted by Crippen LogP contribution is -2.58. The van der Waals surface area contributed by atoms with Crippen molar-refractivity contribution in [3.8, 4) is 0 Å². The first-order valence-corrected chi connectivity index (χ1v) is 5.63. The average Bonchev–Trinajstić information content (AvgIpc) is 2.27. The van der Waals surface area contributed by atoms with Crippen LogP contribution in [0.5, 0.6) is 0 Å². The lowest BCUT2D eigenvalue weighted by atomic mass is 10.1. The molecule has 1 saturated heterocycles. The van der Waals surface area contributed by atoms with Gasteiger partial charge in [-0.05, 0) is 13.3 Å². The third kappa shape index (κ3) is 3.77. The van der Waals surface area contributed by atoms with Gasteiger partial charge < -0.3 is 15.7 Å². The number of piperazine rings is 1. The number of nitrogens with zero attached hydrogens (tertiary/aromatic N) is 1. The van der Waals surface area contributed by atoms with Crippen molar-refractivity contribution in [3.05, 3.63) is 0 Å². The molecule has 1 aliphatic rings. The summed E-state index contributed by atoms with van der Waals surface area (Å²) in [6.45, 7) is 6.07. The van der Waals surface area contributed by atoms with Gasteiger partial charge in [0, 0.05) is 39.3 Å². The number of rotatable bonds is 5. The van der Waals surface area contributed by atoms with Crippen molar-refractivity contribution in [2.24, 2.45) is 0 Å². The van der Waals surface area contributed by atoms with E-state index in [1.807, 2.05) is 6.92 Å². The van der Waals surface area contributed by atoms with E-state index >= 15 is 0 Å². The van der Waals surface area contributed by atoms with Gasteiger partial charge in [0.15, 0.2) is 0 Å². The predicted molar refractivity (Wildman–Crippen MR) is 58.6 cm³/mol. The molecule has 0 spiro atoms. The average molecular weight is 215 g/mol. The minimum atomic E-state index is -0.0785. The van der Waals surface area contributed by atoms with Crippen molar-refractivity contribution in [3.63, 3.8) is 0 Å². The van der Waals surface area contributed by atoms with E-state index in [0.29, 0.717) is 13.1 Å². The van der Waals surface area contributed by atoms with Crippen LogP contribution < -0.4 is 10.6 Å². The number of nitrogens with one attached hydrogen (secondary N) is 2. The Morgan fingerprint density at radius 1 is 1.67 bits per heavy atom.